The second-order valence-corrected chi connectivity index (χ2v) is 19.2. The monoisotopic (exact) mass is 674 g/mol. The van der Waals surface area contributed by atoms with Gasteiger partial charge < -0.3 is 0 Å². The molecule has 0 aromatic heterocycles. The molecule has 6 nitrogen and oxygen atoms in total. The zero-order valence-electron chi connectivity index (χ0n) is 22.1. The topological polar surface area (TPSA) is 57.7 Å². The first-order chi connectivity index (χ1) is 19.6. The van der Waals surface area contributed by atoms with Gasteiger partial charge in [-0.3, -0.25) is 0 Å². The Hall–Kier alpha value is -3.38. The van der Waals surface area contributed by atoms with Gasteiger partial charge in [0.2, 0.25) is 0 Å². The van der Waals surface area contributed by atoms with Crippen LogP contribution in [0.1, 0.15) is 37.3 Å². The molecule has 1 saturated carbocycles. The van der Waals surface area contributed by atoms with Gasteiger partial charge in [-0.05, 0) is 0 Å². The Morgan fingerprint density at radius 2 is 1.71 bits per heavy atom. The van der Waals surface area contributed by atoms with Crippen LogP contribution in [0, 0.1) is 9.39 Å². The molecule has 7 rings (SSSR count). The summed E-state index contributed by atoms with van der Waals surface area (Å²) in [4.78, 5) is 45.1. The molecule has 3 aromatic rings. The number of carbonyl (C=O) groups excluding carboxylic acids is 3. The van der Waals surface area contributed by atoms with E-state index in [4.69, 9.17) is 0 Å². The predicted octanol–water partition coefficient (Wildman–Crippen LogP) is 5.78. The number of nitrogens with zero attached hydrogens (tertiary/aromatic N) is 3. The molecular weight excluding hydrogens is 646 g/mol. The molecule has 212 valence electrons. The SMILES string of the molecule is C=I12C[N+]1(C1CC(F)(F)C1)C(=O)C(N(C(=O)[C@@H]1CCC(=O)N1c1ccccc1)c1cccc(F)c1)c1ccccc12. The minimum atomic E-state index is -3.31. The fourth-order valence-electron chi connectivity index (χ4n) is 6.80. The molecule has 3 unspecified atom stereocenters. The van der Waals surface area contributed by atoms with E-state index in [0.717, 1.165) is 3.57 Å². The first-order valence-electron chi connectivity index (χ1n) is 13.5. The average Bonchev–Trinajstić information content (AvgIpc) is 3.43. The summed E-state index contributed by atoms with van der Waals surface area (Å²) in [6.07, 6.45) is -0.403. The van der Waals surface area contributed by atoms with Gasteiger partial charge in [0.25, 0.3) is 0 Å². The van der Waals surface area contributed by atoms with Gasteiger partial charge in [-0.2, -0.15) is 0 Å². The van der Waals surface area contributed by atoms with Crippen LogP contribution >= 0.6 is 18.2 Å². The first-order valence-corrected chi connectivity index (χ1v) is 18.6. The van der Waals surface area contributed by atoms with E-state index in [2.05, 4.69) is 4.51 Å². The zero-order valence-corrected chi connectivity index (χ0v) is 24.2. The normalized spacial score (nSPS) is 31.4. The van der Waals surface area contributed by atoms with Gasteiger partial charge >= 0.3 is 240 Å². The van der Waals surface area contributed by atoms with Crippen molar-refractivity contribution in [2.24, 2.45) is 0 Å². The Bertz CT molecular complexity index is 1660. The summed E-state index contributed by atoms with van der Waals surface area (Å²) in [6.45, 7) is 0. The average molecular weight is 674 g/mol. The maximum absolute atomic E-state index is 14.7. The number of hydrogen-bond donors (Lipinski definition) is 0. The number of rotatable bonds is 5. The van der Waals surface area contributed by atoms with Crippen molar-refractivity contribution in [3.05, 3.63) is 93.8 Å². The molecule has 41 heavy (non-hydrogen) atoms. The van der Waals surface area contributed by atoms with Gasteiger partial charge in [-0.25, -0.2) is 0 Å². The number of carbonyl (C=O) groups is 3. The van der Waals surface area contributed by atoms with Crippen LogP contribution in [0.4, 0.5) is 24.5 Å². The molecule has 3 fully saturated rings. The zero-order chi connectivity index (χ0) is 28.7. The Balaban J connectivity index is 1.38. The van der Waals surface area contributed by atoms with Gasteiger partial charge in [0.05, 0.1) is 0 Å². The van der Waals surface area contributed by atoms with Crippen molar-refractivity contribution in [3.63, 3.8) is 0 Å². The molecule has 0 radical (unpaired) electrons. The van der Waals surface area contributed by atoms with E-state index in [1.807, 2.05) is 18.2 Å². The van der Waals surface area contributed by atoms with E-state index in [-0.39, 0.29) is 45.9 Å². The van der Waals surface area contributed by atoms with E-state index in [9.17, 15) is 27.6 Å². The number of amides is 3. The standard InChI is InChI=1S/C31H28F3IN3O3/c1-35-19-38(35,23-17-31(33,34)18-23)30(41)28(24-12-5-6-13-25(24)35)37(22-11-7-8-20(32)16-22)29(40)26-14-15-27(39)36(26)21-9-3-2-4-10-21/h2-13,16,23,26,28H,1,14-15,17-19H2/q+1/t26-,28?,38?/m0/s1. The van der Waals surface area contributed by atoms with Crippen LogP contribution < -0.4 is 9.80 Å². The molecule has 4 atom stereocenters. The molecule has 3 aliphatic heterocycles. The summed E-state index contributed by atoms with van der Waals surface area (Å²) in [5, 5.41) is 0. The fraction of sp³-hybridized carbons (Fsp3) is 0.290. The van der Waals surface area contributed by atoms with E-state index >= 15 is 0 Å². The van der Waals surface area contributed by atoms with Crippen LogP contribution in [0.25, 0.3) is 0 Å². The van der Waals surface area contributed by atoms with Crippen molar-refractivity contribution in [2.75, 3.05) is 14.4 Å². The van der Waals surface area contributed by atoms with Crippen LogP contribution in [-0.2, 0) is 14.4 Å². The molecule has 0 bridgehead atoms. The third-order valence-corrected chi connectivity index (χ3v) is 18.3. The van der Waals surface area contributed by atoms with Gasteiger partial charge in [0.15, 0.2) is 0 Å². The van der Waals surface area contributed by atoms with Crippen molar-refractivity contribution >= 4 is 51.8 Å². The van der Waals surface area contributed by atoms with Gasteiger partial charge in [0, 0.05) is 0 Å². The minimum absolute atomic E-state index is 0.0885. The molecule has 3 amide bonds. The summed E-state index contributed by atoms with van der Waals surface area (Å²) in [7, 11) is 0. The Kier molecular flexibility index (Phi) is 5.86. The van der Waals surface area contributed by atoms with Gasteiger partial charge in [-0.1, -0.05) is 0 Å². The molecule has 3 aromatic carbocycles. The Labute approximate surface area is 239 Å². The maximum atomic E-state index is 14.7. The Morgan fingerprint density at radius 1 is 1.00 bits per heavy atom. The number of fused-ring (bicyclic) bond motifs is 3. The fourth-order valence-corrected chi connectivity index (χ4v) is 18.2. The van der Waals surface area contributed by atoms with E-state index in [0.29, 0.717) is 15.8 Å². The van der Waals surface area contributed by atoms with Crippen LogP contribution in [0.15, 0.2) is 78.9 Å². The van der Waals surface area contributed by atoms with E-state index in [1.54, 1.807) is 42.5 Å². The van der Waals surface area contributed by atoms with Crippen molar-refractivity contribution in [2.45, 2.75) is 49.7 Å². The van der Waals surface area contributed by atoms with Crippen molar-refractivity contribution in [3.8, 4) is 0 Å². The molecule has 1 aliphatic carbocycles. The third kappa shape index (κ3) is 3.79. The van der Waals surface area contributed by atoms with Crippen LogP contribution in [-0.4, -0.2) is 47.5 Å². The van der Waals surface area contributed by atoms with Gasteiger partial charge in [-0.15, -0.1) is 0 Å². The Morgan fingerprint density at radius 3 is 2.41 bits per heavy atom. The van der Waals surface area contributed by atoms with Crippen LogP contribution in [0.3, 0.4) is 0 Å². The summed E-state index contributed by atoms with van der Waals surface area (Å²) >= 11 is -3.31. The summed E-state index contributed by atoms with van der Waals surface area (Å²) in [5.74, 6) is -4.48. The number of para-hydroxylation sites is 1. The number of alkyl halides is 3. The molecule has 0 N–H and O–H groups in total. The van der Waals surface area contributed by atoms with E-state index < -0.39 is 54.0 Å². The summed E-state index contributed by atoms with van der Waals surface area (Å²) in [6, 6.07) is 19.0. The molecular formula is C31H28F3IN3O3+. The van der Waals surface area contributed by atoms with Crippen LogP contribution in [0.5, 0.6) is 0 Å². The van der Waals surface area contributed by atoms with E-state index in [1.165, 1.54) is 28.0 Å². The second-order valence-electron chi connectivity index (χ2n) is 11.2. The quantitative estimate of drug-likeness (QED) is 0.114. The first kappa shape index (κ1) is 26.5. The number of benzene rings is 3. The van der Waals surface area contributed by atoms with Crippen molar-refractivity contribution in [1.29, 1.82) is 0 Å². The summed E-state index contributed by atoms with van der Waals surface area (Å²) in [5.41, 5.74) is 1.35. The number of halogens is 4. The summed E-state index contributed by atoms with van der Waals surface area (Å²) < 4.78 is 48.8. The second kappa shape index (κ2) is 9.06. The molecule has 4 aliphatic rings. The molecule has 0 spiro atoms. The van der Waals surface area contributed by atoms with Crippen molar-refractivity contribution in [1.82, 2.24) is 0 Å². The predicted molar refractivity (Wildman–Crippen MR) is 158 cm³/mol. The number of hydrogen-bond acceptors (Lipinski definition) is 3. The van der Waals surface area contributed by atoms with Crippen molar-refractivity contribution < 1.29 is 30.3 Å². The van der Waals surface area contributed by atoms with Gasteiger partial charge in [0.1, 0.15) is 0 Å². The third-order valence-electron chi connectivity index (χ3n) is 8.83. The van der Waals surface area contributed by atoms with Crippen LogP contribution in [0.2, 0.25) is 0 Å². The molecule has 2 saturated heterocycles. The number of anilines is 2. The molecule has 3 heterocycles. The number of quaternary nitrogens is 1. The molecule has 10 heteroatoms.